The number of alkyl halides is 1. The Bertz CT molecular complexity index is 817. The molecule has 0 aliphatic heterocycles. The highest BCUT2D eigenvalue weighted by molar-refractivity contribution is 9.08. The number of hydrogen-bond donors (Lipinski definition) is 0. The molecule has 0 aliphatic carbocycles. The molecule has 0 bridgehead atoms. The highest BCUT2D eigenvalue weighted by Gasteiger charge is 2.10. The maximum Gasteiger partial charge on any atom is 0.161 e. The summed E-state index contributed by atoms with van der Waals surface area (Å²) in [5.74, 6) is 1.36. The van der Waals surface area contributed by atoms with E-state index in [9.17, 15) is 0 Å². The molecular weight excluding hydrogens is 358 g/mol. The van der Waals surface area contributed by atoms with Crippen LogP contribution in [0.5, 0.6) is 11.5 Å². The van der Waals surface area contributed by atoms with E-state index in [1.54, 1.807) is 18.9 Å². The van der Waals surface area contributed by atoms with Crippen LogP contribution in [0.2, 0.25) is 0 Å². The van der Waals surface area contributed by atoms with Crippen LogP contribution in [0, 0.1) is 0 Å². The van der Waals surface area contributed by atoms with Crippen molar-refractivity contribution < 1.29 is 9.47 Å². The van der Waals surface area contributed by atoms with E-state index in [0.717, 1.165) is 22.3 Å². The smallest absolute Gasteiger partial charge is 0.161 e. The summed E-state index contributed by atoms with van der Waals surface area (Å²) in [4.78, 5) is 0. The molecule has 0 amide bonds. The molecule has 0 spiro atoms. The molecule has 0 unspecified atom stereocenters. The summed E-state index contributed by atoms with van der Waals surface area (Å²) in [6, 6.07) is 13.8. The van der Waals surface area contributed by atoms with Crippen molar-refractivity contribution >= 4 is 15.9 Å². The molecule has 3 aromatic rings. The molecule has 0 saturated heterocycles. The summed E-state index contributed by atoms with van der Waals surface area (Å²) in [7, 11) is 3.23. The number of benzene rings is 2. The highest BCUT2D eigenvalue weighted by atomic mass is 79.9. The van der Waals surface area contributed by atoms with Crippen LogP contribution in [0.15, 0.2) is 48.7 Å². The SMILES string of the molecule is COc1ccc(-c2cn(-c3cccc(CBr)c3)nn2)cc1OC. The Morgan fingerprint density at radius 1 is 1.04 bits per heavy atom. The van der Waals surface area contributed by atoms with Gasteiger partial charge in [0.1, 0.15) is 5.69 Å². The number of methoxy groups -OCH3 is 2. The van der Waals surface area contributed by atoms with E-state index in [0.29, 0.717) is 11.5 Å². The Kier molecular flexibility index (Phi) is 4.62. The molecule has 1 aromatic heterocycles. The Hall–Kier alpha value is -2.34. The maximum atomic E-state index is 5.33. The van der Waals surface area contributed by atoms with Crippen molar-refractivity contribution in [3.8, 4) is 28.4 Å². The monoisotopic (exact) mass is 373 g/mol. The van der Waals surface area contributed by atoms with Crippen LogP contribution in [0.1, 0.15) is 5.56 Å². The van der Waals surface area contributed by atoms with Gasteiger partial charge in [-0.2, -0.15) is 0 Å². The topological polar surface area (TPSA) is 49.2 Å². The number of ether oxygens (including phenoxy) is 2. The fourth-order valence-corrected chi connectivity index (χ4v) is 2.65. The van der Waals surface area contributed by atoms with Crippen LogP contribution in [0.25, 0.3) is 16.9 Å². The number of rotatable bonds is 5. The van der Waals surface area contributed by atoms with Crippen molar-refractivity contribution in [2.24, 2.45) is 0 Å². The predicted octanol–water partition coefficient (Wildman–Crippen LogP) is 3.85. The summed E-state index contributed by atoms with van der Waals surface area (Å²) < 4.78 is 12.4. The molecule has 3 rings (SSSR count). The molecule has 6 heteroatoms. The van der Waals surface area contributed by atoms with E-state index < -0.39 is 0 Å². The lowest BCUT2D eigenvalue weighted by molar-refractivity contribution is 0.355. The van der Waals surface area contributed by atoms with Gasteiger partial charge in [-0.15, -0.1) is 5.10 Å². The third-order valence-electron chi connectivity index (χ3n) is 3.50. The second kappa shape index (κ2) is 6.83. The van der Waals surface area contributed by atoms with Gasteiger partial charge in [-0.25, -0.2) is 4.68 Å². The van der Waals surface area contributed by atoms with Crippen molar-refractivity contribution in [2.75, 3.05) is 14.2 Å². The average Bonchev–Trinajstić information content (AvgIpc) is 3.11. The van der Waals surface area contributed by atoms with Gasteiger partial charge < -0.3 is 9.47 Å². The first kappa shape index (κ1) is 15.6. The number of halogens is 1. The van der Waals surface area contributed by atoms with Crippen LogP contribution in [-0.4, -0.2) is 29.2 Å². The third kappa shape index (κ3) is 3.22. The number of hydrogen-bond acceptors (Lipinski definition) is 4. The predicted molar refractivity (Wildman–Crippen MR) is 92.5 cm³/mol. The summed E-state index contributed by atoms with van der Waals surface area (Å²) in [5.41, 5.74) is 3.85. The second-order valence-corrected chi connectivity index (χ2v) is 5.48. The van der Waals surface area contributed by atoms with E-state index in [-0.39, 0.29) is 0 Å². The highest BCUT2D eigenvalue weighted by Crippen LogP contribution is 2.31. The molecule has 0 aliphatic rings. The lowest BCUT2D eigenvalue weighted by Crippen LogP contribution is -1.95. The maximum absolute atomic E-state index is 5.33. The standard InChI is InChI=1S/C17H16BrN3O2/c1-22-16-7-6-13(9-17(16)23-2)15-11-21(20-19-15)14-5-3-4-12(8-14)10-18/h3-9,11H,10H2,1-2H3. The Balaban J connectivity index is 1.95. The zero-order valence-corrected chi connectivity index (χ0v) is 14.4. The van der Waals surface area contributed by atoms with Gasteiger partial charge >= 0.3 is 0 Å². The van der Waals surface area contributed by atoms with Crippen LogP contribution in [0.4, 0.5) is 0 Å². The van der Waals surface area contributed by atoms with Gasteiger partial charge in [0.05, 0.1) is 26.1 Å². The van der Waals surface area contributed by atoms with Crippen molar-refractivity contribution in [1.82, 2.24) is 15.0 Å². The normalized spacial score (nSPS) is 10.6. The van der Waals surface area contributed by atoms with Gasteiger partial charge in [0.2, 0.25) is 0 Å². The number of nitrogens with zero attached hydrogens (tertiary/aromatic N) is 3. The fraction of sp³-hybridized carbons (Fsp3) is 0.176. The van der Waals surface area contributed by atoms with Gasteiger partial charge in [0, 0.05) is 10.9 Å². The first-order valence-corrected chi connectivity index (χ1v) is 8.17. The van der Waals surface area contributed by atoms with Crippen LogP contribution < -0.4 is 9.47 Å². The summed E-state index contributed by atoms with van der Waals surface area (Å²) in [5, 5.41) is 9.27. The second-order valence-electron chi connectivity index (χ2n) is 4.92. The minimum absolute atomic E-state index is 0.667. The molecule has 0 atom stereocenters. The lowest BCUT2D eigenvalue weighted by atomic mass is 10.1. The fourth-order valence-electron chi connectivity index (χ4n) is 2.30. The van der Waals surface area contributed by atoms with Gasteiger partial charge in [0.25, 0.3) is 0 Å². The summed E-state index contributed by atoms with van der Waals surface area (Å²) in [6.07, 6.45) is 1.90. The first-order valence-electron chi connectivity index (χ1n) is 7.05. The third-order valence-corrected chi connectivity index (χ3v) is 4.15. The van der Waals surface area contributed by atoms with Crippen LogP contribution in [-0.2, 0) is 5.33 Å². The minimum atomic E-state index is 0.667. The Morgan fingerprint density at radius 3 is 2.61 bits per heavy atom. The van der Waals surface area contributed by atoms with Crippen molar-refractivity contribution in [3.05, 3.63) is 54.2 Å². The summed E-state index contributed by atoms with van der Waals surface area (Å²) >= 11 is 3.46. The molecule has 0 saturated carbocycles. The molecule has 0 N–H and O–H groups in total. The van der Waals surface area contributed by atoms with E-state index in [2.05, 4.69) is 38.4 Å². The minimum Gasteiger partial charge on any atom is -0.493 e. The molecule has 118 valence electrons. The van der Waals surface area contributed by atoms with E-state index in [4.69, 9.17) is 9.47 Å². The molecule has 2 aromatic carbocycles. The zero-order chi connectivity index (χ0) is 16.2. The molecule has 1 heterocycles. The molecular formula is C17H16BrN3O2. The molecule has 5 nitrogen and oxygen atoms in total. The first-order chi connectivity index (χ1) is 11.2. The van der Waals surface area contributed by atoms with Gasteiger partial charge in [0.15, 0.2) is 11.5 Å². The van der Waals surface area contributed by atoms with Crippen molar-refractivity contribution in [2.45, 2.75) is 5.33 Å². The van der Waals surface area contributed by atoms with Crippen molar-refractivity contribution in [1.29, 1.82) is 0 Å². The van der Waals surface area contributed by atoms with Crippen LogP contribution >= 0.6 is 15.9 Å². The van der Waals surface area contributed by atoms with Crippen LogP contribution in [0.3, 0.4) is 0 Å². The summed E-state index contributed by atoms with van der Waals surface area (Å²) in [6.45, 7) is 0. The van der Waals surface area contributed by atoms with E-state index in [1.807, 2.05) is 36.5 Å². The van der Waals surface area contributed by atoms with Gasteiger partial charge in [-0.3, -0.25) is 0 Å². The number of aromatic nitrogens is 3. The van der Waals surface area contributed by atoms with E-state index in [1.165, 1.54) is 5.56 Å². The van der Waals surface area contributed by atoms with Crippen molar-refractivity contribution in [3.63, 3.8) is 0 Å². The Morgan fingerprint density at radius 2 is 1.87 bits per heavy atom. The average molecular weight is 374 g/mol. The Labute approximate surface area is 143 Å². The molecule has 0 fully saturated rings. The zero-order valence-electron chi connectivity index (χ0n) is 12.9. The molecule has 23 heavy (non-hydrogen) atoms. The van der Waals surface area contributed by atoms with Gasteiger partial charge in [-0.05, 0) is 35.9 Å². The quantitative estimate of drug-likeness (QED) is 0.637. The van der Waals surface area contributed by atoms with Gasteiger partial charge in [-0.1, -0.05) is 33.3 Å². The van der Waals surface area contributed by atoms with E-state index >= 15 is 0 Å². The molecule has 0 radical (unpaired) electrons. The largest absolute Gasteiger partial charge is 0.493 e. The lowest BCUT2D eigenvalue weighted by Gasteiger charge is -2.08.